The van der Waals surface area contributed by atoms with Crippen LogP contribution in [0.5, 0.6) is 0 Å². The number of rotatable bonds is 2. The highest BCUT2D eigenvalue weighted by atomic mass is 32.1. The van der Waals surface area contributed by atoms with E-state index in [1.807, 2.05) is 28.9 Å². The monoisotopic (exact) mass is 293 g/mol. The average Bonchev–Trinajstić information content (AvgIpc) is 2.83. The molecule has 2 aliphatic rings. The SMILES string of the molecule is Cc1ccc(C(=O)N2CCN(C(=O)C3CNC3)CC2)s1. The first kappa shape index (κ1) is 13.6. The fourth-order valence-corrected chi connectivity index (χ4v) is 3.39. The number of carbonyl (C=O) groups excluding carboxylic acids is 2. The Bertz CT molecular complexity index is 516. The number of carbonyl (C=O) groups is 2. The molecule has 0 aromatic carbocycles. The van der Waals surface area contributed by atoms with Crippen molar-refractivity contribution in [2.75, 3.05) is 39.3 Å². The van der Waals surface area contributed by atoms with E-state index in [1.165, 1.54) is 11.3 Å². The molecule has 0 unspecified atom stereocenters. The Balaban J connectivity index is 1.55. The third-order valence-corrected chi connectivity index (χ3v) is 4.95. The van der Waals surface area contributed by atoms with Crippen LogP contribution in [-0.2, 0) is 4.79 Å². The second kappa shape index (κ2) is 5.54. The van der Waals surface area contributed by atoms with E-state index in [0.717, 1.165) is 22.8 Å². The maximum absolute atomic E-state index is 12.3. The first-order chi connectivity index (χ1) is 9.65. The Labute approximate surface area is 122 Å². The maximum Gasteiger partial charge on any atom is 0.264 e. The molecule has 2 saturated heterocycles. The van der Waals surface area contributed by atoms with Gasteiger partial charge in [-0.3, -0.25) is 9.59 Å². The molecule has 0 bridgehead atoms. The van der Waals surface area contributed by atoms with Crippen molar-refractivity contribution < 1.29 is 9.59 Å². The van der Waals surface area contributed by atoms with Gasteiger partial charge < -0.3 is 15.1 Å². The second-order valence-corrected chi connectivity index (χ2v) is 6.67. The molecule has 3 rings (SSSR count). The number of nitrogens with zero attached hydrogens (tertiary/aromatic N) is 2. The van der Waals surface area contributed by atoms with Crippen LogP contribution in [0.4, 0.5) is 0 Å². The van der Waals surface area contributed by atoms with Gasteiger partial charge in [0.1, 0.15) is 0 Å². The summed E-state index contributed by atoms with van der Waals surface area (Å²) in [5, 5.41) is 3.12. The second-order valence-electron chi connectivity index (χ2n) is 5.38. The van der Waals surface area contributed by atoms with Crippen molar-refractivity contribution in [3.63, 3.8) is 0 Å². The largest absolute Gasteiger partial charge is 0.339 e. The molecule has 1 N–H and O–H groups in total. The molecule has 2 fully saturated rings. The van der Waals surface area contributed by atoms with E-state index < -0.39 is 0 Å². The van der Waals surface area contributed by atoms with Gasteiger partial charge in [0.2, 0.25) is 5.91 Å². The normalized spacial score (nSPS) is 19.9. The van der Waals surface area contributed by atoms with Crippen molar-refractivity contribution in [1.29, 1.82) is 0 Å². The van der Waals surface area contributed by atoms with E-state index in [4.69, 9.17) is 0 Å². The molecule has 20 heavy (non-hydrogen) atoms. The molecule has 1 aromatic rings. The van der Waals surface area contributed by atoms with Crippen molar-refractivity contribution >= 4 is 23.2 Å². The molecule has 0 atom stereocenters. The first-order valence-corrected chi connectivity index (χ1v) is 7.82. The molecule has 2 amide bonds. The predicted molar refractivity (Wildman–Crippen MR) is 77.9 cm³/mol. The Morgan fingerprint density at radius 1 is 1.15 bits per heavy atom. The highest BCUT2D eigenvalue weighted by Gasteiger charge is 2.32. The Morgan fingerprint density at radius 2 is 1.80 bits per heavy atom. The topological polar surface area (TPSA) is 52.7 Å². The van der Waals surface area contributed by atoms with E-state index in [1.54, 1.807) is 0 Å². The van der Waals surface area contributed by atoms with E-state index >= 15 is 0 Å². The average molecular weight is 293 g/mol. The van der Waals surface area contributed by atoms with Gasteiger partial charge in [0.15, 0.2) is 0 Å². The van der Waals surface area contributed by atoms with Crippen molar-refractivity contribution in [3.05, 3.63) is 21.9 Å². The van der Waals surface area contributed by atoms with E-state index in [-0.39, 0.29) is 17.7 Å². The summed E-state index contributed by atoms with van der Waals surface area (Å²) in [5.41, 5.74) is 0. The van der Waals surface area contributed by atoms with Gasteiger partial charge in [0.25, 0.3) is 5.91 Å². The summed E-state index contributed by atoms with van der Waals surface area (Å²) < 4.78 is 0. The molecular weight excluding hydrogens is 274 g/mol. The number of thiophene rings is 1. The van der Waals surface area contributed by atoms with E-state index in [9.17, 15) is 9.59 Å². The third-order valence-electron chi connectivity index (χ3n) is 3.96. The van der Waals surface area contributed by atoms with Gasteiger partial charge >= 0.3 is 0 Å². The number of aryl methyl sites for hydroxylation is 1. The van der Waals surface area contributed by atoms with Crippen LogP contribution in [0.2, 0.25) is 0 Å². The van der Waals surface area contributed by atoms with Crippen LogP contribution < -0.4 is 5.32 Å². The summed E-state index contributed by atoms with van der Waals surface area (Å²) in [5.74, 6) is 0.487. The lowest BCUT2D eigenvalue weighted by Crippen LogP contribution is -2.57. The van der Waals surface area contributed by atoms with Gasteiger partial charge in [-0.2, -0.15) is 0 Å². The highest BCUT2D eigenvalue weighted by molar-refractivity contribution is 7.13. The lowest BCUT2D eigenvalue weighted by molar-refractivity contribution is -0.138. The molecule has 6 heteroatoms. The summed E-state index contributed by atoms with van der Waals surface area (Å²) in [6.07, 6.45) is 0. The number of hydrogen-bond donors (Lipinski definition) is 1. The summed E-state index contributed by atoms with van der Waals surface area (Å²) in [7, 11) is 0. The lowest BCUT2D eigenvalue weighted by Gasteiger charge is -2.38. The van der Waals surface area contributed by atoms with Gasteiger partial charge in [-0.25, -0.2) is 0 Å². The standard InChI is InChI=1S/C14H19N3O2S/c1-10-2-3-12(20-10)14(19)17-6-4-16(5-7-17)13(18)11-8-15-9-11/h2-3,11,15H,4-9H2,1H3. The summed E-state index contributed by atoms with van der Waals surface area (Å²) in [4.78, 5) is 30.1. The van der Waals surface area contributed by atoms with Gasteiger partial charge in [-0.05, 0) is 19.1 Å². The fourth-order valence-electron chi connectivity index (χ4n) is 2.56. The molecule has 108 valence electrons. The van der Waals surface area contributed by atoms with Crippen LogP contribution in [0, 0.1) is 12.8 Å². The van der Waals surface area contributed by atoms with Crippen molar-refractivity contribution in [2.45, 2.75) is 6.92 Å². The molecule has 0 aliphatic carbocycles. The molecule has 5 nitrogen and oxygen atoms in total. The van der Waals surface area contributed by atoms with Crippen LogP contribution in [-0.4, -0.2) is 60.9 Å². The van der Waals surface area contributed by atoms with Crippen LogP contribution in [0.3, 0.4) is 0 Å². The van der Waals surface area contributed by atoms with E-state index in [2.05, 4.69) is 5.32 Å². The lowest BCUT2D eigenvalue weighted by atomic mass is 10.0. The van der Waals surface area contributed by atoms with Crippen LogP contribution in [0.1, 0.15) is 14.5 Å². The quantitative estimate of drug-likeness (QED) is 0.867. The van der Waals surface area contributed by atoms with E-state index in [0.29, 0.717) is 26.2 Å². The van der Waals surface area contributed by atoms with Crippen LogP contribution in [0.15, 0.2) is 12.1 Å². The zero-order valence-electron chi connectivity index (χ0n) is 11.6. The molecule has 3 heterocycles. The molecule has 0 spiro atoms. The molecule has 0 saturated carbocycles. The van der Waals surface area contributed by atoms with Crippen molar-refractivity contribution in [3.8, 4) is 0 Å². The number of nitrogens with one attached hydrogen (secondary N) is 1. The van der Waals surface area contributed by atoms with Crippen molar-refractivity contribution in [2.24, 2.45) is 5.92 Å². The maximum atomic E-state index is 12.3. The van der Waals surface area contributed by atoms with Crippen molar-refractivity contribution in [1.82, 2.24) is 15.1 Å². The van der Waals surface area contributed by atoms with Gasteiger partial charge in [0.05, 0.1) is 10.8 Å². The highest BCUT2D eigenvalue weighted by Crippen LogP contribution is 2.19. The minimum Gasteiger partial charge on any atom is -0.339 e. The Kier molecular flexibility index (Phi) is 3.76. The third kappa shape index (κ3) is 2.58. The molecule has 2 aliphatic heterocycles. The summed E-state index contributed by atoms with van der Waals surface area (Å²) in [6.45, 7) is 6.20. The zero-order chi connectivity index (χ0) is 14.1. The first-order valence-electron chi connectivity index (χ1n) is 7.00. The molecule has 1 aromatic heterocycles. The summed E-state index contributed by atoms with van der Waals surface area (Å²) >= 11 is 1.53. The number of hydrogen-bond acceptors (Lipinski definition) is 4. The molecule has 0 radical (unpaired) electrons. The zero-order valence-corrected chi connectivity index (χ0v) is 12.4. The molecular formula is C14H19N3O2S. The predicted octanol–water partition coefficient (Wildman–Crippen LogP) is 0.560. The van der Waals surface area contributed by atoms with Crippen LogP contribution in [0.25, 0.3) is 0 Å². The fraction of sp³-hybridized carbons (Fsp3) is 0.571. The summed E-state index contributed by atoms with van der Waals surface area (Å²) in [6, 6.07) is 3.86. The minimum absolute atomic E-state index is 0.0977. The minimum atomic E-state index is 0.0977. The van der Waals surface area contributed by atoms with Gasteiger partial charge in [0, 0.05) is 44.1 Å². The van der Waals surface area contributed by atoms with Gasteiger partial charge in [-0.15, -0.1) is 11.3 Å². The smallest absolute Gasteiger partial charge is 0.264 e. The number of amides is 2. The Hall–Kier alpha value is -1.40. The van der Waals surface area contributed by atoms with Gasteiger partial charge in [-0.1, -0.05) is 0 Å². The number of piperazine rings is 1. The Morgan fingerprint density at radius 3 is 2.30 bits per heavy atom. The van der Waals surface area contributed by atoms with Crippen LogP contribution >= 0.6 is 11.3 Å².